The second-order valence-electron chi connectivity index (χ2n) is 5.75. The summed E-state index contributed by atoms with van der Waals surface area (Å²) in [5.74, 6) is 0. The Labute approximate surface area is 133 Å². The van der Waals surface area contributed by atoms with Gasteiger partial charge in [-0.25, -0.2) is 0 Å². The summed E-state index contributed by atoms with van der Waals surface area (Å²) in [7, 11) is 0.748. The molecule has 0 fully saturated rings. The molecule has 1 atom stereocenters. The SMILES string of the molecule is CCCCCCCCCCC(OC)C(O)(C(F)(F)F)C(F)(F)F. The van der Waals surface area contributed by atoms with Crippen LogP contribution in [0, 0.1) is 0 Å². The van der Waals surface area contributed by atoms with Crippen LogP contribution in [0.15, 0.2) is 0 Å². The molecular formula is C15H26F6O2. The van der Waals surface area contributed by atoms with Crippen LogP contribution >= 0.6 is 0 Å². The number of methoxy groups -OCH3 is 1. The first-order chi connectivity index (χ1) is 10.5. The van der Waals surface area contributed by atoms with Gasteiger partial charge in [-0.2, -0.15) is 26.3 Å². The van der Waals surface area contributed by atoms with Crippen LogP contribution in [0.4, 0.5) is 26.3 Å². The van der Waals surface area contributed by atoms with Gasteiger partial charge in [0.1, 0.15) is 6.10 Å². The standard InChI is InChI=1S/C15H26F6O2/c1-3-4-5-6-7-8-9-10-11-12(23-2)13(22,14(16,17)18)15(19,20)21/h12,22H,3-11H2,1-2H3. The van der Waals surface area contributed by atoms with Gasteiger partial charge in [-0.1, -0.05) is 58.3 Å². The summed E-state index contributed by atoms with van der Waals surface area (Å²) in [6.07, 6.45) is -7.92. The maximum atomic E-state index is 12.7. The van der Waals surface area contributed by atoms with Gasteiger partial charge in [0.15, 0.2) is 0 Å². The first kappa shape index (κ1) is 22.5. The van der Waals surface area contributed by atoms with E-state index in [4.69, 9.17) is 0 Å². The predicted octanol–water partition coefficient (Wildman–Crippen LogP) is 5.39. The van der Waals surface area contributed by atoms with E-state index < -0.39 is 30.5 Å². The number of unbranched alkanes of at least 4 members (excludes halogenated alkanes) is 7. The Balaban J connectivity index is 4.46. The Bertz CT molecular complexity index is 300. The van der Waals surface area contributed by atoms with Crippen molar-refractivity contribution in [3.8, 4) is 0 Å². The van der Waals surface area contributed by atoms with Crippen LogP contribution in [0.2, 0.25) is 0 Å². The minimum atomic E-state index is -5.84. The third kappa shape index (κ3) is 6.49. The molecule has 1 unspecified atom stereocenters. The van der Waals surface area contributed by atoms with E-state index in [0.29, 0.717) is 6.42 Å². The van der Waals surface area contributed by atoms with Gasteiger partial charge in [0.2, 0.25) is 0 Å². The van der Waals surface area contributed by atoms with E-state index in [2.05, 4.69) is 11.7 Å². The molecule has 0 aromatic heterocycles. The number of aliphatic hydroxyl groups is 1. The Hall–Kier alpha value is -0.500. The molecule has 0 bridgehead atoms. The van der Waals surface area contributed by atoms with Crippen molar-refractivity contribution >= 4 is 0 Å². The lowest BCUT2D eigenvalue weighted by Gasteiger charge is -2.37. The summed E-state index contributed by atoms with van der Waals surface area (Å²) in [6, 6.07) is 0. The van der Waals surface area contributed by atoms with Gasteiger partial charge in [-0.15, -0.1) is 0 Å². The van der Waals surface area contributed by atoms with Crippen LogP contribution in [0.1, 0.15) is 64.7 Å². The van der Waals surface area contributed by atoms with E-state index in [-0.39, 0.29) is 6.42 Å². The second kappa shape index (κ2) is 9.71. The highest BCUT2D eigenvalue weighted by atomic mass is 19.4. The van der Waals surface area contributed by atoms with Crippen LogP contribution in [0.5, 0.6) is 0 Å². The van der Waals surface area contributed by atoms with Crippen molar-refractivity contribution in [3.05, 3.63) is 0 Å². The maximum absolute atomic E-state index is 12.7. The Morgan fingerprint density at radius 3 is 1.52 bits per heavy atom. The lowest BCUT2D eigenvalue weighted by atomic mass is 9.90. The van der Waals surface area contributed by atoms with Crippen LogP contribution in [0.25, 0.3) is 0 Å². The van der Waals surface area contributed by atoms with Crippen LogP contribution in [0.3, 0.4) is 0 Å². The normalized spacial score (nSPS) is 15.0. The van der Waals surface area contributed by atoms with E-state index >= 15 is 0 Å². The number of hydrogen-bond acceptors (Lipinski definition) is 2. The average Bonchev–Trinajstić information content (AvgIpc) is 2.42. The topological polar surface area (TPSA) is 29.5 Å². The fraction of sp³-hybridized carbons (Fsp3) is 1.00. The quantitative estimate of drug-likeness (QED) is 0.399. The van der Waals surface area contributed by atoms with Crippen molar-refractivity contribution in [1.29, 1.82) is 0 Å². The summed E-state index contributed by atoms with van der Waals surface area (Å²) in [6.45, 7) is 2.08. The third-order valence-electron chi connectivity index (χ3n) is 3.93. The molecular weight excluding hydrogens is 326 g/mol. The number of alkyl halides is 6. The van der Waals surface area contributed by atoms with Crippen molar-refractivity contribution in [2.24, 2.45) is 0 Å². The van der Waals surface area contributed by atoms with E-state index in [1.807, 2.05) is 0 Å². The maximum Gasteiger partial charge on any atom is 0.428 e. The van der Waals surface area contributed by atoms with E-state index in [0.717, 1.165) is 45.6 Å². The zero-order valence-electron chi connectivity index (χ0n) is 13.6. The first-order valence-corrected chi connectivity index (χ1v) is 7.91. The molecule has 0 radical (unpaired) electrons. The zero-order valence-corrected chi connectivity index (χ0v) is 13.6. The lowest BCUT2D eigenvalue weighted by molar-refractivity contribution is -0.393. The van der Waals surface area contributed by atoms with E-state index in [9.17, 15) is 31.4 Å². The first-order valence-electron chi connectivity index (χ1n) is 7.91. The molecule has 0 aromatic rings. The molecule has 140 valence electrons. The fourth-order valence-electron chi connectivity index (χ4n) is 2.49. The molecule has 23 heavy (non-hydrogen) atoms. The lowest BCUT2D eigenvalue weighted by Crippen LogP contribution is -2.64. The van der Waals surface area contributed by atoms with Crippen LogP contribution in [-0.4, -0.2) is 36.3 Å². The van der Waals surface area contributed by atoms with Crippen molar-refractivity contribution < 1.29 is 36.2 Å². The van der Waals surface area contributed by atoms with Crippen LogP contribution < -0.4 is 0 Å². The number of hydrogen-bond donors (Lipinski definition) is 1. The van der Waals surface area contributed by atoms with Gasteiger partial charge in [0, 0.05) is 7.11 Å². The average molecular weight is 352 g/mol. The summed E-state index contributed by atoms with van der Waals surface area (Å²) in [5, 5.41) is 9.27. The molecule has 0 heterocycles. The van der Waals surface area contributed by atoms with E-state index in [1.54, 1.807) is 0 Å². The van der Waals surface area contributed by atoms with Gasteiger partial charge < -0.3 is 9.84 Å². The van der Waals surface area contributed by atoms with Gasteiger partial charge in [0.05, 0.1) is 0 Å². The van der Waals surface area contributed by atoms with Crippen molar-refractivity contribution in [2.45, 2.75) is 88.8 Å². The molecule has 2 nitrogen and oxygen atoms in total. The fourth-order valence-corrected chi connectivity index (χ4v) is 2.49. The van der Waals surface area contributed by atoms with Crippen molar-refractivity contribution in [2.75, 3.05) is 7.11 Å². The van der Waals surface area contributed by atoms with Gasteiger partial charge in [-0.05, 0) is 6.42 Å². The molecule has 0 spiro atoms. The van der Waals surface area contributed by atoms with Gasteiger partial charge in [0.25, 0.3) is 5.60 Å². The number of ether oxygens (including phenoxy) is 1. The molecule has 1 N–H and O–H groups in total. The molecule has 0 aliphatic carbocycles. The predicted molar refractivity (Wildman–Crippen MR) is 75.1 cm³/mol. The molecule has 8 heteroatoms. The molecule has 0 rings (SSSR count). The summed E-state index contributed by atoms with van der Waals surface area (Å²) >= 11 is 0. The minimum absolute atomic E-state index is 0.140. The minimum Gasteiger partial charge on any atom is -0.378 e. The molecule has 0 aromatic carbocycles. The summed E-state index contributed by atoms with van der Waals surface area (Å²) in [4.78, 5) is 0. The molecule has 0 saturated carbocycles. The van der Waals surface area contributed by atoms with Gasteiger partial charge in [-0.3, -0.25) is 0 Å². The highest BCUT2D eigenvalue weighted by Gasteiger charge is 2.74. The monoisotopic (exact) mass is 352 g/mol. The summed E-state index contributed by atoms with van der Waals surface area (Å²) < 4.78 is 80.8. The van der Waals surface area contributed by atoms with E-state index in [1.165, 1.54) is 0 Å². The third-order valence-corrected chi connectivity index (χ3v) is 3.93. The summed E-state index contributed by atoms with van der Waals surface area (Å²) in [5.41, 5.74) is -4.84. The zero-order chi connectivity index (χ0) is 18.1. The van der Waals surface area contributed by atoms with Crippen LogP contribution in [-0.2, 0) is 4.74 Å². The van der Waals surface area contributed by atoms with Gasteiger partial charge >= 0.3 is 12.4 Å². The van der Waals surface area contributed by atoms with Crippen molar-refractivity contribution in [3.63, 3.8) is 0 Å². The molecule has 0 aliphatic heterocycles. The Morgan fingerprint density at radius 1 is 0.783 bits per heavy atom. The molecule has 0 aliphatic rings. The largest absolute Gasteiger partial charge is 0.428 e. The Kier molecular flexibility index (Phi) is 9.50. The smallest absolute Gasteiger partial charge is 0.378 e. The highest BCUT2D eigenvalue weighted by Crippen LogP contribution is 2.47. The highest BCUT2D eigenvalue weighted by molar-refractivity contribution is 5.00. The molecule has 0 saturated heterocycles. The van der Waals surface area contributed by atoms with Crippen molar-refractivity contribution in [1.82, 2.24) is 0 Å². The Morgan fingerprint density at radius 2 is 1.17 bits per heavy atom. The second-order valence-corrected chi connectivity index (χ2v) is 5.75. The number of rotatable bonds is 11. The number of halogens is 6. The molecule has 0 amide bonds.